The quantitative estimate of drug-likeness (QED) is 0.727. The molecule has 0 spiro atoms. The SMILES string of the molecule is CC(=O)c1cc2c(cc1NC(=O)c1cnn3cc(C)cnc13)OCCO2. The molecule has 26 heavy (non-hydrogen) atoms. The highest BCUT2D eigenvalue weighted by Crippen LogP contribution is 2.36. The number of hydrogen-bond donors (Lipinski definition) is 1. The molecule has 1 aromatic carbocycles. The zero-order valence-corrected chi connectivity index (χ0v) is 14.3. The molecule has 0 atom stereocenters. The van der Waals surface area contributed by atoms with Gasteiger partial charge in [0.05, 0.1) is 11.9 Å². The molecule has 0 unspecified atom stereocenters. The van der Waals surface area contributed by atoms with Crippen LogP contribution in [0.4, 0.5) is 5.69 Å². The number of fused-ring (bicyclic) bond motifs is 2. The molecular formula is C18H16N4O4. The van der Waals surface area contributed by atoms with Crippen molar-refractivity contribution in [2.24, 2.45) is 0 Å². The highest BCUT2D eigenvalue weighted by atomic mass is 16.6. The van der Waals surface area contributed by atoms with E-state index < -0.39 is 5.91 Å². The molecule has 0 saturated carbocycles. The van der Waals surface area contributed by atoms with Gasteiger partial charge in [0.1, 0.15) is 18.8 Å². The second kappa shape index (κ2) is 6.14. The number of amides is 1. The summed E-state index contributed by atoms with van der Waals surface area (Å²) < 4.78 is 12.6. The Labute approximate surface area is 148 Å². The van der Waals surface area contributed by atoms with Crippen LogP contribution >= 0.6 is 0 Å². The van der Waals surface area contributed by atoms with Gasteiger partial charge in [-0.3, -0.25) is 9.59 Å². The van der Waals surface area contributed by atoms with E-state index in [1.54, 1.807) is 29.0 Å². The third kappa shape index (κ3) is 2.75. The number of anilines is 1. The number of ketones is 1. The molecule has 0 saturated heterocycles. The Morgan fingerprint density at radius 1 is 1.12 bits per heavy atom. The van der Waals surface area contributed by atoms with Gasteiger partial charge in [-0.25, -0.2) is 9.50 Å². The topological polar surface area (TPSA) is 94.8 Å². The Bertz CT molecular complexity index is 1040. The fourth-order valence-electron chi connectivity index (χ4n) is 2.80. The summed E-state index contributed by atoms with van der Waals surface area (Å²) in [6, 6.07) is 3.19. The third-order valence-electron chi connectivity index (χ3n) is 4.04. The van der Waals surface area contributed by atoms with Crippen LogP contribution in [0.25, 0.3) is 5.65 Å². The van der Waals surface area contributed by atoms with Crippen LogP contribution in [-0.2, 0) is 0 Å². The molecule has 1 amide bonds. The number of Topliss-reactive ketones (excluding diaryl/α,β-unsaturated/α-hetero) is 1. The van der Waals surface area contributed by atoms with Gasteiger partial charge in [0.25, 0.3) is 5.91 Å². The minimum atomic E-state index is -0.407. The molecule has 0 radical (unpaired) electrons. The molecule has 0 fully saturated rings. The molecule has 0 aliphatic carbocycles. The second-order valence-corrected chi connectivity index (χ2v) is 6.01. The van der Waals surface area contributed by atoms with Crippen molar-refractivity contribution >= 4 is 23.0 Å². The van der Waals surface area contributed by atoms with Crippen LogP contribution in [0.5, 0.6) is 11.5 Å². The van der Waals surface area contributed by atoms with Crippen LogP contribution in [0.2, 0.25) is 0 Å². The smallest absolute Gasteiger partial charge is 0.261 e. The van der Waals surface area contributed by atoms with Crippen molar-refractivity contribution < 1.29 is 19.1 Å². The molecule has 3 aromatic rings. The average molecular weight is 352 g/mol. The maximum atomic E-state index is 12.7. The molecule has 1 aliphatic heterocycles. The van der Waals surface area contributed by atoms with Crippen LogP contribution in [-0.4, -0.2) is 39.5 Å². The minimum Gasteiger partial charge on any atom is -0.486 e. The number of carbonyl (C=O) groups is 2. The lowest BCUT2D eigenvalue weighted by molar-refractivity contribution is 0.101. The predicted molar refractivity (Wildman–Crippen MR) is 93.1 cm³/mol. The first kappa shape index (κ1) is 16.1. The van der Waals surface area contributed by atoms with E-state index in [-0.39, 0.29) is 5.78 Å². The van der Waals surface area contributed by atoms with E-state index in [9.17, 15) is 9.59 Å². The Morgan fingerprint density at radius 3 is 2.58 bits per heavy atom. The van der Waals surface area contributed by atoms with Gasteiger partial charge in [-0.05, 0) is 25.5 Å². The lowest BCUT2D eigenvalue weighted by atomic mass is 10.1. The largest absolute Gasteiger partial charge is 0.486 e. The molecule has 2 aromatic heterocycles. The summed E-state index contributed by atoms with van der Waals surface area (Å²) in [6.45, 7) is 4.16. The average Bonchev–Trinajstić information content (AvgIpc) is 3.04. The van der Waals surface area contributed by atoms with Crippen LogP contribution in [0.3, 0.4) is 0 Å². The summed E-state index contributed by atoms with van der Waals surface area (Å²) in [5.41, 5.74) is 2.39. The molecule has 8 heteroatoms. The van der Waals surface area contributed by atoms with Crippen molar-refractivity contribution in [3.63, 3.8) is 0 Å². The number of hydrogen-bond acceptors (Lipinski definition) is 6. The first-order valence-electron chi connectivity index (χ1n) is 8.09. The van der Waals surface area contributed by atoms with Gasteiger partial charge in [0, 0.05) is 24.0 Å². The molecule has 0 bridgehead atoms. The molecule has 8 nitrogen and oxygen atoms in total. The highest BCUT2D eigenvalue weighted by molar-refractivity contribution is 6.11. The van der Waals surface area contributed by atoms with Crippen molar-refractivity contribution in [2.75, 3.05) is 18.5 Å². The summed E-state index contributed by atoms with van der Waals surface area (Å²) >= 11 is 0. The maximum absolute atomic E-state index is 12.7. The number of benzene rings is 1. The first-order valence-corrected chi connectivity index (χ1v) is 8.09. The van der Waals surface area contributed by atoms with Crippen molar-refractivity contribution in [3.05, 3.63) is 47.4 Å². The summed E-state index contributed by atoms with van der Waals surface area (Å²) in [4.78, 5) is 29.0. The Kier molecular flexibility index (Phi) is 3.80. The van der Waals surface area contributed by atoms with Gasteiger partial charge in [0.2, 0.25) is 0 Å². The molecule has 132 valence electrons. The number of aromatic nitrogens is 3. The summed E-state index contributed by atoms with van der Waals surface area (Å²) in [5, 5.41) is 6.91. The zero-order valence-electron chi connectivity index (χ0n) is 14.3. The normalized spacial score (nSPS) is 12.8. The van der Waals surface area contributed by atoms with E-state index >= 15 is 0 Å². The van der Waals surface area contributed by atoms with Crippen molar-refractivity contribution in [1.29, 1.82) is 0 Å². The lowest BCUT2D eigenvalue weighted by Gasteiger charge is -2.20. The van der Waals surface area contributed by atoms with Gasteiger partial charge in [-0.2, -0.15) is 5.10 Å². The fraction of sp³-hybridized carbons (Fsp3) is 0.222. The van der Waals surface area contributed by atoms with E-state index in [4.69, 9.17) is 9.47 Å². The van der Waals surface area contributed by atoms with Gasteiger partial charge >= 0.3 is 0 Å². The molecule has 4 rings (SSSR count). The molecule has 1 aliphatic rings. The van der Waals surface area contributed by atoms with Crippen LogP contribution in [0, 0.1) is 6.92 Å². The Balaban J connectivity index is 1.71. The van der Waals surface area contributed by atoms with Crippen molar-refractivity contribution in [1.82, 2.24) is 14.6 Å². The van der Waals surface area contributed by atoms with E-state index in [1.807, 2.05) is 6.92 Å². The minimum absolute atomic E-state index is 0.189. The summed E-state index contributed by atoms with van der Waals surface area (Å²) in [6.07, 6.45) is 4.89. The monoisotopic (exact) mass is 352 g/mol. The molecule has 3 heterocycles. The lowest BCUT2D eigenvalue weighted by Crippen LogP contribution is -2.18. The number of rotatable bonds is 3. The van der Waals surface area contributed by atoms with Gasteiger partial charge in [-0.15, -0.1) is 0 Å². The van der Waals surface area contributed by atoms with E-state index in [1.165, 1.54) is 13.1 Å². The van der Waals surface area contributed by atoms with E-state index in [0.717, 1.165) is 5.56 Å². The number of nitrogens with one attached hydrogen (secondary N) is 1. The Hall–Kier alpha value is -3.42. The predicted octanol–water partition coefficient (Wildman–Crippen LogP) is 2.26. The van der Waals surface area contributed by atoms with Crippen LogP contribution in [0.15, 0.2) is 30.7 Å². The van der Waals surface area contributed by atoms with E-state index in [0.29, 0.717) is 47.2 Å². The fourth-order valence-corrected chi connectivity index (χ4v) is 2.80. The number of nitrogens with zero attached hydrogens (tertiary/aromatic N) is 3. The molecular weight excluding hydrogens is 336 g/mol. The van der Waals surface area contributed by atoms with E-state index in [2.05, 4.69) is 15.4 Å². The standard InChI is InChI=1S/C18H16N4O4/c1-10-7-19-17-13(8-20-22(17)9-10)18(24)21-14-6-16-15(25-3-4-26-16)5-12(14)11(2)23/h5-9H,3-4H2,1-2H3,(H,21,24). The summed E-state index contributed by atoms with van der Waals surface area (Å²) in [7, 11) is 0. The number of ether oxygens (including phenoxy) is 2. The third-order valence-corrected chi connectivity index (χ3v) is 4.04. The van der Waals surface area contributed by atoms with Crippen LogP contribution < -0.4 is 14.8 Å². The summed E-state index contributed by atoms with van der Waals surface area (Å²) in [5.74, 6) is 0.388. The number of carbonyl (C=O) groups excluding carboxylic acids is 2. The van der Waals surface area contributed by atoms with Crippen LogP contribution in [0.1, 0.15) is 33.2 Å². The Morgan fingerprint density at radius 2 is 1.85 bits per heavy atom. The zero-order chi connectivity index (χ0) is 18.3. The molecule has 1 N–H and O–H groups in total. The van der Waals surface area contributed by atoms with Gasteiger partial charge in [-0.1, -0.05) is 0 Å². The van der Waals surface area contributed by atoms with Gasteiger partial charge < -0.3 is 14.8 Å². The highest BCUT2D eigenvalue weighted by Gasteiger charge is 2.21. The number of aryl methyl sites for hydroxylation is 1. The van der Waals surface area contributed by atoms with Crippen molar-refractivity contribution in [2.45, 2.75) is 13.8 Å². The van der Waals surface area contributed by atoms with Crippen molar-refractivity contribution in [3.8, 4) is 11.5 Å². The maximum Gasteiger partial charge on any atom is 0.261 e. The first-order chi connectivity index (χ1) is 12.5. The second-order valence-electron chi connectivity index (χ2n) is 6.01. The van der Waals surface area contributed by atoms with Gasteiger partial charge in [0.15, 0.2) is 22.9 Å².